The normalized spacial score (nSPS) is 20.1. The van der Waals surface area contributed by atoms with Gasteiger partial charge in [-0.3, -0.25) is 0 Å². The lowest BCUT2D eigenvalue weighted by atomic mass is 10.1. The fraction of sp³-hybridized carbons (Fsp3) is 0.800. The Bertz CT molecular complexity index is 112. The minimum Gasteiger partial charge on any atom is -0.378 e. The van der Waals surface area contributed by atoms with Crippen LogP contribution < -0.4 is 0 Å². The van der Waals surface area contributed by atoms with E-state index in [4.69, 9.17) is 4.74 Å². The van der Waals surface area contributed by atoms with E-state index < -0.39 is 0 Å². The van der Waals surface area contributed by atoms with E-state index in [2.05, 4.69) is 12.2 Å². The van der Waals surface area contributed by atoms with Gasteiger partial charge in [0.15, 0.2) is 0 Å². The summed E-state index contributed by atoms with van der Waals surface area (Å²) in [5.74, 6) is 0.857. The molecule has 0 bridgehead atoms. The Labute approximate surface area is 69.4 Å². The van der Waals surface area contributed by atoms with Crippen molar-refractivity contribution in [1.29, 1.82) is 0 Å². The van der Waals surface area contributed by atoms with Crippen molar-refractivity contribution in [2.24, 2.45) is 5.92 Å². The summed E-state index contributed by atoms with van der Waals surface area (Å²) < 4.78 is 5.21. The summed E-state index contributed by atoms with van der Waals surface area (Å²) >= 11 is 0. The quantitative estimate of drug-likeness (QED) is 0.447. The molecule has 1 rings (SSSR count). The Morgan fingerprint density at radius 3 is 2.73 bits per heavy atom. The molecule has 1 saturated carbocycles. The predicted molar refractivity (Wildman–Crippen MR) is 47.6 cm³/mol. The minimum absolute atomic E-state index is 0.799. The van der Waals surface area contributed by atoms with Crippen molar-refractivity contribution in [3.63, 3.8) is 0 Å². The third-order valence-electron chi connectivity index (χ3n) is 2.23. The van der Waals surface area contributed by atoms with Gasteiger partial charge in [-0.1, -0.05) is 25.0 Å². The molecule has 0 spiro atoms. The lowest BCUT2D eigenvalue weighted by Gasteiger charge is -1.99. The van der Waals surface area contributed by atoms with Gasteiger partial charge in [0.1, 0.15) is 0 Å². The van der Waals surface area contributed by atoms with Gasteiger partial charge in [0.05, 0.1) is 6.61 Å². The maximum Gasteiger partial charge on any atom is 0.0647 e. The van der Waals surface area contributed by atoms with Crippen molar-refractivity contribution >= 4 is 0 Å². The van der Waals surface area contributed by atoms with Gasteiger partial charge in [0, 0.05) is 6.61 Å². The third-order valence-corrected chi connectivity index (χ3v) is 2.23. The van der Waals surface area contributed by atoms with E-state index in [9.17, 15) is 0 Å². The zero-order valence-electron chi connectivity index (χ0n) is 7.38. The highest BCUT2D eigenvalue weighted by Gasteiger charge is 2.10. The predicted octanol–water partition coefficient (Wildman–Crippen LogP) is 2.77. The fourth-order valence-electron chi connectivity index (χ4n) is 1.58. The van der Waals surface area contributed by atoms with Gasteiger partial charge < -0.3 is 4.74 Å². The van der Waals surface area contributed by atoms with Crippen LogP contribution in [0.4, 0.5) is 0 Å². The van der Waals surface area contributed by atoms with Gasteiger partial charge in [0.25, 0.3) is 0 Å². The van der Waals surface area contributed by atoms with Crippen LogP contribution in [-0.4, -0.2) is 13.2 Å². The molecule has 0 N–H and O–H groups in total. The largest absolute Gasteiger partial charge is 0.378 e. The van der Waals surface area contributed by atoms with E-state index in [0.717, 1.165) is 19.1 Å². The zero-order valence-corrected chi connectivity index (χ0v) is 7.38. The number of hydrogen-bond donors (Lipinski definition) is 0. The first kappa shape index (κ1) is 8.79. The monoisotopic (exact) mass is 154 g/mol. The number of allylic oxidation sites excluding steroid dienone is 1. The fourth-order valence-corrected chi connectivity index (χ4v) is 1.58. The molecule has 0 amide bonds. The average molecular weight is 154 g/mol. The standard InChI is InChI=1S/C10H18O/c1-2-11-9-5-8-10-6-3-4-7-10/h5,8,10H,2-4,6-7,9H2,1H3. The second-order valence-electron chi connectivity index (χ2n) is 3.13. The molecule has 0 radical (unpaired) electrons. The lowest BCUT2D eigenvalue weighted by molar-refractivity contribution is 0.177. The summed E-state index contributed by atoms with van der Waals surface area (Å²) in [5, 5.41) is 0. The van der Waals surface area contributed by atoms with E-state index in [1.807, 2.05) is 6.92 Å². The SMILES string of the molecule is CCOCC=CC1CCCC1. The van der Waals surface area contributed by atoms with Crippen LogP contribution in [0.25, 0.3) is 0 Å². The van der Waals surface area contributed by atoms with E-state index in [0.29, 0.717) is 0 Å². The van der Waals surface area contributed by atoms with Crippen LogP contribution in [0.5, 0.6) is 0 Å². The van der Waals surface area contributed by atoms with Crippen molar-refractivity contribution in [3.8, 4) is 0 Å². The first-order chi connectivity index (χ1) is 5.43. The molecule has 1 fully saturated rings. The van der Waals surface area contributed by atoms with Crippen LogP contribution in [0.2, 0.25) is 0 Å². The van der Waals surface area contributed by atoms with E-state index in [1.54, 1.807) is 0 Å². The second kappa shape index (κ2) is 5.36. The molecule has 0 atom stereocenters. The highest BCUT2D eigenvalue weighted by Crippen LogP contribution is 2.25. The first-order valence-corrected chi connectivity index (χ1v) is 4.68. The Balaban J connectivity index is 2.03. The average Bonchev–Trinajstić information content (AvgIpc) is 2.50. The van der Waals surface area contributed by atoms with Crippen LogP contribution in [0.3, 0.4) is 0 Å². The Morgan fingerprint density at radius 2 is 2.09 bits per heavy atom. The smallest absolute Gasteiger partial charge is 0.0647 e. The number of hydrogen-bond acceptors (Lipinski definition) is 1. The summed E-state index contributed by atoms with van der Waals surface area (Å²) in [7, 11) is 0. The van der Waals surface area contributed by atoms with E-state index in [1.165, 1.54) is 25.7 Å². The summed E-state index contributed by atoms with van der Waals surface area (Å²) in [4.78, 5) is 0. The van der Waals surface area contributed by atoms with Crippen molar-refractivity contribution in [2.75, 3.05) is 13.2 Å². The Kier molecular flexibility index (Phi) is 4.29. The Hall–Kier alpha value is -0.300. The molecule has 0 heterocycles. The van der Waals surface area contributed by atoms with Crippen molar-refractivity contribution in [1.82, 2.24) is 0 Å². The molecule has 0 saturated heterocycles. The molecule has 11 heavy (non-hydrogen) atoms. The van der Waals surface area contributed by atoms with Gasteiger partial charge in [0.2, 0.25) is 0 Å². The third kappa shape index (κ3) is 3.57. The maximum atomic E-state index is 5.21. The zero-order chi connectivity index (χ0) is 7.94. The van der Waals surface area contributed by atoms with Crippen LogP contribution in [0, 0.1) is 5.92 Å². The molecule has 0 aromatic heterocycles. The number of rotatable bonds is 4. The summed E-state index contributed by atoms with van der Waals surface area (Å²) in [6, 6.07) is 0. The van der Waals surface area contributed by atoms with Crippen molar-refractivity contribution < 1.29 is 4.74 Å². The summed E-state index contributed by atoms with van der Waals surface area (Å²) in [6.07, 6.45) is 10.1. The molecule has 0 aromatic carbocycles. The molecule has 1 aliphatic carbocycles. The van der Waals surface area contributed by atoms with Crippen LogP contribution in [0.15, 0.2) is 12.2 Å². The lowest BCUT2D eigenvalue weighted by Crippen LogP contribution is -1.91. The van der Waals surface area contributed by atoms with Gasteiger partial charge in [-0.2, -0.15) is 0 Å². The molecular formula is C10H18O. The minimum atomic E-state index is 0.799. The van der Waals surface area contributed by atoms with E-state index >= 15 is 0 Å². The van der Waals surface area contributed by atoms with Crippen LogP contribution in [-0.2, 0) is 4.74 Å². The van der Waals surface area contributed by atoms with Gasteiger partial charge in [-0.15, -0.1) is 0 Å². The van der Waals surface area contributed by atoms with Crippen LogP contribution in [0.1, 0.15) is 32.6 Å². The molecule has 1 heteroatoms. The molecule has 1 nitrogen and oxygen atoms in total. The first-order valence-electron chi connectivity index (χ1n) is 4.68. The molecule has 0 aliphatic heterocycles. The topological polar surface area (TPSA) is 9.23 Å². The molecule has 64 valence electrons. The van der Waals surface area contributed by atoms with Crippen molar-refractivity contribution in [2.45, 2.75) is 32.6 Å². The maximum absolute atomic E-state index is 5.21. The molecule has 0 aromatic rings. The summed E-state index contributed by atoms with van der Waals surface area (Å²) in [6.45, 7) is 3.66. The molecular weight excluding hydrogens is 136 g/mol. The highest BCUT2D eigenvalue weighted by molar-refractivity contribution is 4.90. The van der Waals surface area contributed by atoms with Gasteiger partial charge in [-0.25, -0.2) is 0 Å². The van der Waals surface area contributed by atoms with Crippen LogP contribution >= 0.6 is 0 Å². The Morgan fingerprint density at radius 1 is 1.36 bits per heavy atom. The van der Waals surface area contributed by atoms with Crippen molar-refractivity contribution in [3.05, 3.63) is 12.2 Å². The molecule has 1 aliphatic rings. The van der Waals surface area contributed by atoms with E-state index in [-0.39, 0.29) is 0 Å². The van der Waals surface area contributed by atoms with Gasteiger partial charge >= 0.3 is 0 Å². The second-order valence-corrected chi connectivity index (χ2v) is 3.13. The summed E-state index contributed by atoms with van der Waals surface area (Å²) in [5.41, 5.74) is 0. The number of ether oxygens (including phenoxy) is 1. The highest BCUT2D eigenvalue weighted by atomic mass is 16.5. The molecule has 0 unspecified atom stereocenters. The van der Waals surface area contributed by atoms with Gasteiger partial charge in [-0.05, 0) is 25.7 Å².